The lowest BCUT2D eigenvalue weighted by atomic mass is 9.97. The van der Waals surface area contributed by atoms with Crippen molar-refractivity contribution in [1.82, 2.24) is 0 Å². The van der Waals surface area contributed by atoms with Gasteiger partial charge in [-0.3, -0.25) is 4.79 Å². The van der Waals surface area contributed by atoms with Gasteiger partial charge in [0.05, 0.1) is 18.6 Å². The van der Waals surface area contributed by atoms with Crippen molar-refractivity contribution in [2.24, 2.45) is 11.8 Å². The van der Waals surface area contributed by atoms with E-state index in [4.69, 9.17) is 9.47 Å². The molecule has 138 valence electrons. The summed E-state index contributed by atoms with van der Waals surface area (Å²) in [4.78, 5) is 24.3. The second-order valence-electron chi connectivity index (χ2n) is 6.46. The average Bonchev–Trinajstić information content (AvgIpc) is 2.62. The molecule has 0 aliphatic carbocycles. The number of hydrogen-bond donors (Lipinski definition) is 0. The predicted molar refractivity (Wildman–Crippen MR) is 100 cm³/mol. The Labute approximate surface area is 151 Å². The van der Waals surface area contributed by atoms with Crippen molar-refractivity contribution in [2.45, 2.75) is 53.4 Å². The molecule has 0 heterocycles. The fourth-order valence-corrected chi connectivity index (χ4v) is 2.57. The Morgan fingerprint density at radius 1 is 1.16 bits per heavy atom. The van der Waals surface area contributed by atoms with Crippen LogP contribution >= 0.6 is 0 Å². The maximum atomic E-state index is 12.4. The molecule has 0 saturated carbocycles. The summed E-state index contributed by atoms with van der Waals surface area (Å²) in [6.07, 6.45) is 5.75. The van der Waals surface area contributed by atoms with Crippen LogP contribution in [-0.4, -0.2) is 19.0 Å². The van der Waals surface area contributed by atoms with Crippen molar-refractivity contribution < 1.29 is 19.1 Å². The minimum Gasteiger partial charge on any atom is -0.465 e. The molecule has 2 atom stereocenters. The van der Waals surface area contributed by atoms with Gasteiger partial charge in [0, 0.05) is 5.56 Å². The van der Waals surface area contributed by atoms with Gasteiger partial charge in [0.2, 0.25) is 0 Å². The number of ether oxygens (including phenoxy) is 2. The lowest BCUT2D eigenvalue weighted by molar-refractivity contribution is -0.139. The Morgan fingerprint density at radius 2 is 1.84 bits per heavy atom. The van der Waals surface area contributed by atoms with E-state index in [9.17, 15) is 9.59 Å². The summed E-state index contributed by atoms with van der Waals surface area (Å²) in [5.41, 5.74) is 0.951. The standard InChI is InChI=1S/C21H30O4/c1-6-15(3)11-10-12-16(4)20(22)25-19-14-9-8-13-18(19)17(7-2)21(23)24-5/h7-9,13-16H,6,10-12H2,1-5H3. The summed E-state index contributed by atoms with van der Waals surface area (Å²) in [7, 11) is 1.33. The van der Waals surface area contributed by atoms with E-state index in [1.54, 1.807) is 37.3 Å². The molecule has 0 radical (unpaired) electrons. The van der Waals surface area contributed by atoms with E-state index < -0.39 is 5.97 Å². The molecule has 0 fully saturated rings. The van der Waals surface area contributed by atoms with Crippen molar-refractivity contribution in [3.63, 3.8) is 0 Å². The number of hydrogen-bond acceptors (Lipinski definition) is 4. The second kappa shape index (κ2) is 10.7. The van der Waals surface area contributed by atoms with Gasteiger partial charge >= 0.3 is 11.9 Å². The van der Waals surface area contributed by atoms with Crippen LogP contribution in [0.4, 0.5) is 0 Å². The largest absolute Gasteiger partial charge is 0.465 e. The molecule has 0 aliphatic heterocycles. The van der Waals surface area contributed by atoms with Gasteiger partial charge in [0.25, 0.3) is 0 Å². The van der Waals surface area contributed by atoms with Gasteiger partial charge in [-0.15, -0.1) is 0 Å². The highest BCUT2D eigenvalue weighted by Crippen LogP contribution is 2.28. The number of carbonyl (C=O) groups is 2. The molecule has 4 heteroatoms. The maximum Gasteiger partial charge on any atom is 0.338 e. The van der Waals surface area contributed by atoms with Gasteiger partial charge in [0.15, 0.2) is 0 Å². The number of allylic oxidation sites excluding steroid dienone is 1. The molecule has 0 aromatic heterocycles. The van der Waals surface area contributed by atoms with Gasteiger partial charge in [-0.2, -0.15) is 0 Å². The van der Waals surface area contributed by atoms with Crippen LogP contribution in [-0.2, 0) is 14.3 Å². The molecule has 0 aliphatic rings. The van der Waals surface area contributed by atoms with Crippen LogP contribution in [0.2, 0.25) is 0 Å². The van der Waals surface area contributed by atoms with Crippen LogP contribution in [0.3, 0.4) is 0 Å². The van der Waals surface area contributed by atoms with Crippen LogP contribution in [0.1, 0.15) is 58.9 Å². The van der Waals surface area contributed by atoms with Crippen LogP contribution in [0.25, 0.3) is 5.57 Å². The first-order valence-electron chi connectivity index (χ1n) is 9.00. The molecular formula is C21H30O4. The number of rotatable bonds is 9. The zero-order valence-electron chi connectivity index (χ0n) is 16.0. The topological polar surface area (TPSA) is 52.6 Å². The lowest BCUT2D eigenvalue weighted by Gasteiger charge is -2.15. The predicted octanol–water partition coefficient (Wildman–Crippen LogP) is 5.02. The smallest absolute Gasteiger partial charge is 0.338 e. The molecule has 0 N–H and O–H groups in total. The third-order valence-corrected chi connectivity index (χ3v) is 4.52. The molecule has 0 amide bonds. The second-order valence-corrected chi connectivity index (χ2v) is 6.46. The highest BCUT2D eigenvalue weighted by atomic mass is 16.5. The van der Waals surface area contributed by atoms with Crippen molar-refractivity contribution in [3.05, 3.63) is 35.9 Å². The Kier molecular flexibility index (Phi) is 8.96. The molecule has 0 saturated heterocycles. The molecule has 0 spiro atoms. The van der Waals surface area contributed by atoms with Crippen molar-refractivity contribution in [3.8, 4) is 5.75 Å². The monoisotopic (exact) mass is 346 g/mol. The Balaban J connectivity index is 2.79. The zero-order chi connectivity index (χ0) is 18.8. The van der Waals surface area contributed by atoms with Crippen molar-refractivity contribution in [1.29, 1.82) is 0 Å². The quantitative estimate of drug-likeness (QED) is 0.358. The molecule has 4 nitrogen and oxygen atoms in total. The average molecular weight is 346 g/mol. The molecular weight excluding hydrogens is 316 g/mol. The SMILES string of the molecule is CC=C(C(=O)OC)c1ccccc1OC(=O)C(C)CCCC(C)CC. The highest BCUT2D eigenvalue weighted by molar-refractivity contribution is 6.17. The van der Waals surface area contributed by atoms with Crippen molar-refractivity contribution in [2.75, 3.05) is 7.11 Å². The van der Waals surface area contributed by atoms with Crippen molar-refractivity contribution >= 4 is 17.5 Å². The first-order valence-corrected chi connectivity index (χ1v) is 9.00. The summed E-state index contributed by atoms with van der Waals surface area (Å²) in [6.45, 7) is 8.05. The molecule has 25 heavy (non-hydrogen) atoms. The molecule has 1 aromatic carbocycles. The van der Waals surface area contributed by atoms with E-state index in [1.807, 2.05) is 6.92 Å². The lowest BCUT2D eigenvalue weighted by Crippen LogP contribution is -2.19. The summed E-state index contributed by atoms with van der Waals surface area (Å²) in [6, 6.07) is 7.03. The van der Waals surface area contributed by atoms with E-state index in [0.29, 0.717) is 22.8 Å². The maximum absolute atomic E-state index is 12.4. The van der Waals surface area contributed by atoms with Crippen LogP contribution < -0.4 is 4.74 Å². The summed E-state index contributed by atoms with van der Waals surface area (Å²) in [5.74, 6) is 0.176. The van der Waals surface area contributed by atoms with Crippen LogP contribution in [0.5, 0.6) is 5.75 Å². The van der Waals surface area contributed by atoms with E-state index in [-0.39, 0.29) is 11.9 Å². The number of methoxy groups -OCH3 is 1. The first kappa shape index (κ1) is 20.9. The number of para-hydroxylation sites is 1. The summed E-state index contributed by atoms with van der Waals surface area (Å²) in [5, 5.41) is 0. The molecule has 1 aromatic rings. The van der Waals surface area contributed by atoms with E-state index in [0.717, 1.165) is 25.7 Å². The number of carbonyl (C=O) groups excluding carboxylic acids is 2. The Hall–Kier alpha value is -2.10. The van der Waals surface area contributed by atoms with E-state index in [1.165, 1.54) is 7.11 Å². The van der Waals surface area contributed by atoms with Gasteiger partial charge in [-0.25, -0.2) is 4.79 Å². The number of esters is 2. The normalized spacial score (nSPS) is 13.9. The van der Waals surface area contributed by atoms with Gasteiger partial charge < -0.3 is 9.47 Å². The van der Waals surface area contributed by atoms with Crippen LogP contribution in [0.15, 0.2) is 30.3 Å². The fourth-order valence-electron chi connectivity index (χ4n) is 2.57. The third-order valence-electron chi connectivity index (χ3n) is 4.52. The first-order chi connectivity index (χ1) is 11.9. The summed E-state index contributed by atoms with van der Waals surface area (Å²) >= 11 is 0. The van der Waals surface area contributed by atoms with E-state index in [2.05, 4.69) is 13.8 Å². The van der Waals surface area contributed by atoms with Crippen LogP contribution in [0, 0.1) is 11.8 Å². The minimum atomic E-state index is -0.451. The minimum absolute atomic E-state index is 0.177. The van der Waals surface area contributed by atoms with Gasteiger partial charge in [-0.1, -0.05) is 64.3 Å². The molecule has 0 bridgehead atoms. The Morgan fingerprint density at radius 3 is 2.44 bits per heavy atom. The third kappa shape index (κ3) is 6.37. The van der Waals surface area contributed by atoms with E-state index >= 15 is 0 Å². The van der Waals surface area contributed by atoms with Gasteiger partial charge in [0.1, 0.15) is 5.75 Å². The summed E-state index contributed by atoms with van der Waals surface area (Å²) < 4.78 is 10.4. The highest BCUT2D eigenvalue weighted by Gasteiger charge is 2.20. The molecule has 1 rings (SSSR count). The fraction of sp³-hybridized carbons (Fsp3) is 0.524. The zero-order valence-corrected chi connectivity index (χ0v) is 16.0. The van der Waals surface area contributed by atoms with Gasteiger partial charge in [-0.05, 0) is 25.3 Å². The number of benzene rings is 1. The molecule has 2 unspecified atom stereocenters. The Bertz CT molecular complexity index is 604.